The van der Waals surface area contributed by atoms with Crippen LogP contribution in [-0.4, -0.2) is 22.5 Å². The molecule has 1 aliphatic carbocycles. The summed E-state index contributed by atoms with van der Waals surface area (Å²) in [6.07, 6.45) is 2.84. The summed E-state index contributed by atoms with van der Waals surface area (Å²) in [4.78, 5) is 12.1. The van der Waals surface area contributed by atoms with Crippen LogP contribution in [0.2, 0.25) is 5.02 Å². The van der Waals surface area contributed by atoms with Crippen molar-refractivity contribution in [2.24, 2.45) is 16.8 Å². The van der Waals surface area contributed by atoms with Crippen molar-refractivity contribution in [1.29, 1.82) is 0 Å². The molecule has 0 bridgehead atoms. The summed E-state index contributed by atoms with van der Waals surface area (Å²) in [5.41, 5.74) is 9.35. The molecule has 0 radical (unpaired) electrons. The number of fused-ring (bicyclic) bond motifs is 2. The fourth-order valence-corrected chi connectivity index (χ4v) is 6.04. The first-order chi connectivity index (χ1) is 13.1. The molecule has 0 saturated carbocycles. The van der Waals surface area contributed by atoms with Crippen molar-refractivity contribution in [1.82, 2.24) is 5.01 Å². The molecular formula is C21H22ClN3OS. The molecule has 2 aromatic rings. The van der Waals surface area contributed by atoms with E-state index in [0.29, 0.717) is 11.6 Å². The second-order valence-corrected chi connectivity index (χ2v) is 8.66. The number of nitrogens with zero attached hydrogens (tertiary/aromatic N) is 2. The Balaban J connectivity index is 1.87. The van der Waals surface area contributed by atoms with Crippen LogP contribution >= 0.6 is 23.4 Å². The summed E-state index contributed by atoms with van der Waals surface area (Å²) in [5, 5.41) is 7.94. The molecule has 0 aromatic heterocycles. The molecule has 1 amide bonds. The summed E-state index contributed by atoms with van der Waals surface area (Å²) in [6, 6.07) is 16.0. The molecule has 27 heavy (non-hydrogen) atoms. The minimum Gasteiger partial charge on any atom is -0.330 e. The molecule has 2 atom stereocenters. The third-order valence-electron chi connectivity index (χ3n) is 5.36. The highest BCUT2D eigenvalue weighted by atomic mass is 35.5. The number of carbonyl (C=O) groups is 1. The van der Waals surface area contributed by atoms with Gasteiger partial charge in [-0.2, -0.15) is 5.10 Å². The zero-order chi connectivity index (χ0) is 19.0. The lowest BCUT2D eigenvalue weighted by Crippen LogP contribution is -2.49. The molecule has 1 aliphatic heterocycles. The molecular weight excluding hydrogens is 378 g/mol. The van der Waals surface area contributed by atoms with E-state index in [0.717, 1.165) is 29.9 Å². The van der Waals surface area contributed by atoms with E-state index in [-0.39, 0.29) is 11.8 Å². The quantitative estimate of drug-likeness (QED) is 0.834. The van der Waals surface area contributed by atoms with E-state index in [1.807, 2.05) is 30.3 Å². The molecule has 4 rings (SSSR count). The fraction of sp³-hybridized carbons (Fsp3) is 0.333. The monoisotopic (exact) mass is 399 g/mol. The summed E-state index contributed by atoms with van der Waals surface area (Å²) < 4.78 is 0. The minimum atomic E-state index is -0.544. The van der Waals surface area contributed by atoms with Gasteiger partial charge < -0.3 is 5.73 Å². The van der Waals surface area contributed by atoms with Gasteiger partial charge in [-0.3, -0.25) is 4.79 Å². The van der Waals surface area contributed by atoms with E-state index in [9.17, 15) is 4.79 Å². The lowest BCUT2D eigenvalue weighted by atomic mass is 9.77. The summed E-state index contributed by atoms with van der Waals surface area (Å²) in [6.45, 7) is 2.18. The van der Waals surface area contributed by atoms with Gasteiger partial charge in [0.15, 0.2) is 0 Å². The third kappa shape index (κ3) is 3.08. The fourth-order valence-electron chi connectivity index (χ4n) is 4.22. The van der Waals surface area contributed by atoms with Gasteiger partial charge in [-0.05, 0) is 55.0 Å². The molecule has 1 heterocycles. The molecule has 2 aliphatic rings. The number of thioether (sulfide) groups is 1. The molecule has 2 aromatic carbocycles. The predicted octanol–water partition coefficient (Wildman–Crippen LogP) is 4.36. The Morgan fingerprint density at radius 2 is 2.15 bits per heavy atom. The average molecular weight is 400 g/mol. The van der Waals surface area contributed by atoms with Crippen molar-refractivity contribution in [2.75, 3.05) is 6.54 Å². The maximum atomic E-state index is 12.7. The SMILES string of the molecule is CC(=O)N1N=C(c2cccc(Cl)c2)S[C@]12c1ccccc1CC[C@@H]2CCN. The third-order valence-corrected chi connectivity index (χ3v) is 7.14. The Hall–Kier alpha value is -1.82. The van der Waals surface area contributed by atoms with Crippen molar-refractivity contribution in [3.63, 3.8) is 0 Å². The maximum absolute atomic E-state index is 12.7. The molecule has 0 fully saturated rings. The maximum Gasteiger partial charge on any atom is 0.241 e. The van der Waals surface area contributed by atoms with Crippen molar-refractivity contribution >= 4 is 34.3 Å². The van der Waals surface area contributed by atoms with E-state index >= 15 is 0 Å². The van der Waals surface area contributed by atoms with Crippen molar-refractivity contribution in [2.45, 2.75) is 31.1 Å². The number of rotatable bonds is 3. The average Bonchev–Trinajstić information content (AvgIpc) is 3.06. The van der Waals surface area contributed by atoms with E-state index in [1.54, 1.807) is 23.7 Å². The molecule has 4 nitrogen and oxygen atoms in total. The number of amides is 1. The number of halogens is 1. The Morgan fingerprint density at radius 3 is 2.89 bits per heavy atom. The van der Waals surface area contributed by atoms with Gasteiger partial charge in [0.2, 0.25) is 5.91 Å². The number of aryl methyl sites for hydroxylation is 1. The molecule has 0 unspecified atom stereocenters. The number of hydrazone groups is 1. The normalized spacial score (nSPS) is 24.0. The summed E-state index contributed by atoms with van der Waals surface area (Å²) in [5.74, 6) is 0.185. The lowest BCUT2D eigenvalue weighted by Gasteiger charge is -2.45. The van der Waals surface area contributed by atoms with Crippen LogP contribution in [-0.2, 0) is 16.1 Å². The number of hydrogen-bond donors (Lipinski definition) is 1. The highest BCUT2D eigenvalue weighted by Crippen LogP contribution is 2.57. The van der Waals surface area contributed by atoms with Gasteiger partial charge in [0.1, 0.15) is 9.91 Å². The van der Waals surface area contributed by atoms with Crippen molar-refractivity contribution in [3.05, 3.63) is 70.2 Å². The second kappa shape index (κ2) is 7.30. The van der Waals surface area contributed by atoms with Crippen LogP contribution in [0.1, 0.15) is 36.5 Å². The van der Waals surface area contributed by atoms with Crippen LogP contribution < -0.4 is 5.73 Å². The number of carbonyl (C=O) groups excluding carboxylic acids is 1. The van der Waals surface area contributed by atoms with Crippen LogP contribution in [0, 0.1) is 5.92 Å². The number of benzene rings is 2. The van der Waals surface area contributed by atoms with Gasteiger partial charge >= 0.3 is 0 Å². The summed E-state index contributed by atoms with van der Waals surface area (Å²) >= 11 is 7.86. The standard InChI is InChI=1S/C21H22ClN3OS/c1-14(26)25-21(27-20(24-25)16-6-4-7-18(22)13-16)17(11-12-23)10-9-15-5-2-3-8-19(15)21/h2-8,13,17H,9-12,23H2,1H3/t17-,21-/m1/s1. The van der Waals surface area contributed by atoms with Gasteiger partial charge in [-0.15, -0.1) is 0 Å². The predicted molar refractivity (Wildman–Crippen MR) is 112 cm³/mol. The molecule has 2 N–H and O–H groups in total. The Kier molecular flexibility index (Phi) is 5.01. The first-order valence-corrected chi connectivity index (χ1v) is 10.4. The van der Waals surface area contributed by atoms with E-state index in [4.69, 9.17) is 22.4 Å². The number of nitrogens with two attached hydrogens (primary N) is 1. The first-order valence-electron chi connectivity index (χ1n) is 9.19. The Bertz CT molecular complexity index is 916. The van der Waals surface area contributed by atoms with Gasteiger partial charge in [0.05, 0.1) is 0 Å². The summed E-state index contributed by atoms with van der Waals surface area (Å²) in [7, 11) is 0. The highest BCUT2D eigenvalue weighted by Gasteiger charge is 2.54. The number of hydrogen-bond acceptors (Lipinski definition) is 4. The Labute approximate surface area is 168 Å². The van der Waals surface area contributed by atoms with E-state index < -0.39 is 4.87 Å². The van der Waals surface area contributed by atoms with Crippen LogP contribution in [0.5, 0.6) is 0 Å². The molecule has 140 valence electrons. The first kappa shape index (κ1) is 18.5. The smallest absolute Gasteiger partial charge is 0.241 e. The van der Waals surface area contributed by atoms with Crippen LogP contribution in [0.3, 0.4) is 0 Å². The zero-order valence-electron chi connectivity index (χ0n) is 15.2. The molecule has 1 spiro atoms. The zero-order valence-corrected chi connectivity index (χ0v) is 16.8. The van der Waals surface area contributed by atoms with Crippen LogP contribution in [0.25, 0.3) is 0 Å². The van der Waals surface area contributed by atoms with E-state index in [2.05, 4.69) is 18.2 Å². The topological polar surface area (TPSA) is 58.7 Å². The van der Waals surface area contributed by atoms with Crippen molar-refractivity contribution < 1.29 is 4.79 Å². The molecule has 0 saturated heterocycles. The van der Waals surface area contributed by atoms with Crippen LogP contribution in [0.4, 0.5) is 0 Å². The van der Waals surface area contributed by atoms with Gasteiger partial charge in [0, 0.05) is 17.5 Å². The highest BCUT2D eigenvalue weighted by molar-refractivity contribution is 8.15. The van der Waals surface area contributed by atoms with Gasteiger partial charge in [-0.25, -0.2) is 5.01 Å². The van der Waals surface area contributed by atoms with E-state index in [1.165, 1.54) is 11.1 Å². The second-order valence-electron chi connectivity index (χ2n) is 7.01. The van der Waals surface area contributed by atoms with Crippen molar-refractivity contribution in [3.8, 4) is 0 Å². The van der Waals surface area contributed by atoms with Gasteiger partial charge in [0.25, 0.3) is 0 Å². The molecule has 6 heteroatoms. The minimum absolute atomic E-state index is 0.0572. The van der Waals surface area contributed by atoms with Gasteiger partial charge in [-0.1, -0.05) is 59.8 Å². The Morgan fingerprint density at radius 1 is 1.33 bits per heavy atom. The largest absolute Gasteiger partial charge is 0.330 e. The van der Waals surface area contributed by atoms with Crippen LogP contribution in [0.15, 0.2) is 53.6 Å². The lowest BCUT2D eigenvalue weighted by molar-refractivity contribution is -0.134.